The molecule has 1 saturated heterocycles. The summed E-state index contributed by atoms with van der Waals surface area (Å²) in [7, 11) is 2.02. The lowest BCUT2D eigenvalue weighted by atomic mass is 9.85. The molecule has 2 fully saturated rings. The van der Waals surface area contributed by atoms with Gasteiger partial charge in [0.25, 0.3) is 0 Å². The standard InChI is InChI=1S/C15H26N4O2/c1-4-13-17-14(5-2)19(18-13)12-10-15(20-8-9-21-15)7-6-11(12)16-3/h11-12,16H,4-10H2,1-3H3. The Balaban J connectivity index is 1.90. The average Bonchev–Trinajstić information content (AvgIpc) is 3.14. The van der Waals surface area contributed by atoms with Gasteiger partial charge in [-0.2, -0.15) is 5.10 Å². The third kappa shape index (κ3) is 2.72. The molecule has 2 aliphatic rings. The SMILES string of the molecule is CCc1nc(CC)n(C2CC3(CCC2NC)OCCO3)n1. The maximum Gasteiger partial charge on any atom is 0.170 e. The van der Waals surface area contributed by atoms with Gasteiger partial charge in [-0.25, -0.2) is 9.67 Å². The molecule has 1 aliphatic heterocycles. The highest BCUT2D eigenvalue weighted by atomic mass is 16.7. The van der Waals surface area contributed by atoms with Crippen LogP contribution in [0.4, 0.5) is 0 Å². The van der Waals surface area contributed by atoms with E-state index in [4.69, 9.17) is 14.6 Å². The first kappa shape index (κ1) is 14.9. The molecule has 2 atom stereocenters. The Kier molecular flexibility index (Phi) is 4.28. The van der Waals surface area contributed by atoms with E-state index in [2.05, 4.69) is 28.8 Å². The predicted octanol–water partition coefficient (Wildman–Crippen LogP) is 1.46. The third-order valence-corrected chi connectivity index (χ3v) is 4.70. The number of aryl methyl sites for hydroxylation is 2. The van der Waals surface area contributed by atoms with Crippen LogP contribution in [0.25, 0.3) is 0 Å². The van der Waals surface area contributed by atoms with Crippen LogP contribution in [0.15, 0.2) is 0 Å². The van der Waals surface area contributed by atoms with Crippen LogP contribution in [0.2, 0.25) is 0 Å². The molecule has 0 radical (unpaired) electrons. The van der Waals surface area contributed by atoms with Crippen LogP contribution in [0.5, 0.6) is 0 Å². The van der Waals surface area contributed by atoms with Gasteiger partial charge >= 0.3 is 0 Å². The molecule has 118 valence electrons. The van der Waals surface area contributed by atoms with Gasteiger partial charge in [0.15, 0.2) is 11.6 Å². The fourth-order valence-electron chi connectivity index (χ4n) is 3.54. The van der Waals surface area contributed by atoms with Crippen molar-refractivity contribution >= 4 is 0 Å². The highest BCUT2D eigenvalue weighted by Gasteiger charge is 2.46. The summed E-state index contributed by atoms with van der Waals surface area (Å²) < 4.78 is 14.0. The van der Waals surface area contributed by atoms with E-state index in [1.165, 1.54) is 0 Å². The van der Waals surface area contributed by atoms with Crippen LogP contribution in [0, 0.1) is 0 Å². The van der Waals surface area contributed by atoms with Gasteiger partial charge in [-0.1, -0.05) is 13.8 Å². The van der Waals surface area contributed by atoms with Crippen LogP contribution < -0.4 is 5.32 Å². The van der Waals surface area contributed by atoms with Crippen molar-refractivity contribution in [1.82, 2.24) is 20.1 Å². The number of nitrogens with one attached hydrogen (secondary N) is 1. The molecule has 1 saturated carbocycles. The monoisotopic (exact) mass is 294 g/mol. The lowest BCUT2D eigenvalue weighted by molar-refractivity contribution is -0.189. The number of likely N-dealkylation sites (N-methyl/N-ethyl adjacent to an activating group) is 1. The summed E-state index contributed by atoms with van der Waals surface area (Å²) in [6.07, 6.45) is 4.60. The minimum atomic E-state index is -0.401. The molecule has 6 nitrogen and oxygen atoms in total. The highest BCUT2D eigenvalue weighted by Crippen LogP contribution is 2.41. The average molecular weight is 294 g/mol. The second kappa shape index (κ2) is 6.02. The predicted molar refractivity (Wildman–Crippen MR) is 79.1 cm³/mol. The summed E-state index contributed by atoms with van der Waals surface area (Å²) in [4.78, 5) is 4.65. The first-order chi connectivity index (χ1) is 10.2. The Labute approximate surface area is 126 Å². The van der Waals surface area contributed by atoms with E-state index in [-0.39, 0.29) is 6.04 Å². The number of aromatic nitrogens is 3. The number of hydrogen-bond acceptors (Lipinski definition) is 5. The molecular formula is C15H26N4O2. The molecule has 2 heterocycles. The van der Waals surface area contributed by atoms with Gasteiger partial charge in [0, 0.05) is 31.7 Å². The van der Waals surface area contributed by atoms with Crippen LogP contribution in [0.1, 0.15) is 50.8 Å². The fourth-order valence-corrected chi connectivity index (χ4v) is 3.54. The number of rotatable bonds is 4. The van der Waals surface area contributed by atoms with E-state index in [1.807, 2.05) is 7.05 Å². The van der Waals surface area contributed by atoms with Crippen molar-refractivity contribution in [2.45, 2.75) is 63.8 Å². The van der Waals surface area contributed by atoms with E-state index in [0.717, 1.165) is 43.8 Å². The van der Waals surface area contributed by atoms with E-state index in [1.54, 1.807) is 0 Å². The minimum absolute atomic E-state index is 0.240. The minimum Gasteiger partial charge on any atom is -0.347 e. The molecule has 0 amide bonds. The molecule has 21 heavy (non-hydrogen) atoms. The van der Waals surface area contributed by atoms with Crippen LogP contribution >= 0.6 is 0 Å². The number of hydrogen-bond donors (Lipinski definition) is 1. The zero-order chi connectivity index (χ0) is 14.9. The van der Waals surface area contributed by atoms with Gasteiger partial charge in [-0.15, -0.1) is 0 Å². The zero-order valence-electron chi connectivity index (χ0n) is 13.3. The van der Waals surface area contributed by atoms with Crippen molar-refractivity contribution in [3.8, 4) is 0 Å². The van der Waals surface area contributed by atoms with Gasteiger partial charge < -0.3 is 14.8 Å². The van der Waals surface area contributed by atoms with E-state index < -0.39 is 5.79 Å². The van der Waals surface area contributed by atoms with E-state index >= 15 is 0 Å². The molecule has 0 aromatic carbocycles. The van der Waals surface area contributed by atoms with Gasteiger partial charge in [0.05, 0.1) is 19.3 Å². The molecule has 6 heteroatoms. The topological polar surface area (TPSA) is 61.2 Å². The smallest absolute Gasteiger partial charge is 0.170 e. The van der Waals surface area contributed by atoms with Crippen molar-refractivity contribution in [2.75, 3.05) is 20.3 Å². The van der Waals surface area contributed by atoms with Crippen molar-refractivity contribution in [3.05, 3.63) is 11.6 Å². The normalized spacial score (nSPS) is 28.3. The Bertz CT molecular complexity index is 482. The lowest BCUT2D eigenvalue weighted by Crippen LogP contribution is -2.48. The fraction of sp³-hybridized carbons (Fsp3) is 0.867. The van der Waals surface area contributed by atoms with Crippen molar-refractivity contribution < 1.29 is 9.47 Å². The van der Waals surface area contributed by atoms with Crippen molar-refractivity contribution in [2.24, 2.45) is 0 Å². The Morgan fingerprint density at radius 1 is 1.29 bits per heavy atom. The molecule has 2 unspecified atom stereocenters. The van der Waals surface area contributed by atoms with Gasteiger partial charge in [0.2, 0.25) is 0 Å². The molecule has 1 N–H and O–H groups in total. The highest BCUT2D eigenvalue weighted by molar-refractivity contribution is 5.01. The lowest BCUT2D eigenvalue weighted by Gasteiger charge is -2.41. The van der Waals surface area contributed by atoms with Crippen LogP contribution in [-0.4, -0.2) is 46.9 Å². The summed E-state index contributed by atoms with van der Waals surface area (Å²) in [5.41, 5.74) is 0. The molecule has 3 rings (SSSR count). The molecule has 1 aromatic rings. The van der Waals surface area contributed by atoms with E-state index in [0.29, 0.717) is 19.3 Å². The maximum atomic E-state index is 5.92. The summed E-state index contributed by atoms with van der Waals surface area (Å²) in [5.74, 6) is 1.59. The van der Waals surface area contributed by atoms with Gasteiger partial charge in [0.1, 0.15) is 5.82 Å². The quantitative estimate of drug-likeness (QED) is 0.911. The second-order valence-electron chi connectivity index (χ2n) is 5.91. The maximum absolute atomic E-state index is 5.92. The largest absolute Gasteiger partial charge is 0.347 e. The number of nitrogens with zero attached hydrogens (tertiary/aromatic N) is 3. The van der Waals surface area contributed by atoms with Crippen LogP contribution in [0.3, 0.4) is 0 Å². The first-order valence-electron chi connectivity index (χ1n) is 8.11. The summed E-state index contributed by atoms with van der Waals surface area (Å²) in [6.45, 7) is 5.64. The molecule has 0 bridgehead atoms. The first-order valence-corrected chi connectivity index (χ1v) is 8.11. The van der Waals surface area contributed by atoms with E-state index in [9.17, 15) is 0 Å². The molecular weight excluding hydrogens is 268 g/mol. The molecule has 1 spiro atoms. The zero-order valence-corrected chi connectivity index (χ0v) is 13.3. The van der Waals surface area contributed by atoms with Gasteiger partial charge in [-0.3, -0.25) is 0 Å². The third-order valence-electron chi connectivity index (χ3n) is 4.70. The van der Waals surface area contributed by atoms with Gasteiger partial charge in [-0.05, 0) is 13.5 Å². The van der Waals surface area contributed by atoms with Crippen molar-refractivity contribution in [3.63, 3.8) is 0 Å². The second-order valence-corrected chi connectivity index (χ2v) is 5.91. The molecule has 1 aromatic heterocycles. The Morgan fingerprint density at radius 2 is 2.05 bits per heavy atom. The van der Waals surface area contributed by atoms with Crippen molar-refractivity contribution in [1.29, 1.82) is 0 Å². The Hall–Kier alpha value is -0.980. The summed E-state index contributed by atoms with van der Waals surface area (Å²) >= 11 is 0. The summed E-state index contributed by atoms with van der Waals surface area (Å²) in [5, 5.41) is 8.17. The Morgan fingerprint density at radius 3 is 2.67 bits per heavy atom. The summed E-state index contributed by atoms with van der Waals surface area (Å²) in [6, 6.07) is 0.629. The number of ether oxygens (including phenoxy) is 2. The van der Waals surface area contributed by atoms with Crippen LogP contribution in [-0.2, 0) is 22.3 Å². The molecule has 1 aliphatic carbocycles.